The van der Waals surface area contributed by atoms with Crippen molar-refractivity contribution in [1.29, 1.82) is 0 Å². The molecule has 2 heteroatoms. The van der Waals surface area contributed by atoms with Crippen molar-refractivity contribution in [2.45, 2.75) is 92.8 Å². The molecule has 0 radical (unpaired) electrons. The summed E-state index contributed by atoms with van der Waals surface area (Å²) in [6, 6.07) is 1.34. The summed E-state index contributed by atoms with van der Waals surface area (Å²) in [6.07, 6.45) is 2.50. The lowest BCUT2D eigenvalue weighted by molar-refractivity contribution is 0.0764. The molecule has 0 amide bonds. The molecule has 0 aromatic rings. The van der Waals surface area contributed by atoms with Crippen LogP contribution < -0.4 is 5.32 Å². The Hall–Kier alpha value is -0.0800. The van der Waals surface area contributed by atoms with Crippen LogP contribution in [-0.4, -0.2) is 35.6 Å². The minimum atomic E-state index is 0.199. The van der Waals surface area contributed by atoms with Gasteiger partial charge < -0.3 is 5.32 Å². The Morgan fingerprint density at radius 1 is 0.950 bits per heavy atom. The minimum absolute atomic E-state index is 0.199. The van der Waals surface area contributed by atoms with Gasteiger partial charge in [0.25, 0.3) is 0 Å². The predicted molar refractivity (Wildman–Crippen MR) is 92.3 cm³/mol. The number of hydrogen-bond donors (Lipinski definition) is 1. The second kappa shape index (κ2) is 9.04. The normalized spacial score (nSPS) is 14.8. The Morgan fingerprint density at radius 3 is 1.75 bits per heavy atom. The van der Waals surface area contributed by atoms with Gasteiger partial charge in [-0.15, -0.1) is 0 Å². The van der Waals surface area contributed by atoms with E-state index in [4.69, 9.17) is 0 Å². The van der Waals surface area contributed by atoms with E-state index >= 15 is 0 Å². The van der Waals surface area contributed by atoms with Gasteiger partial charge in [-0.05, 0) is 45.4 Å². The summed E-state index contributed by atoms with van der Waals surface area (Å²) >= 11 is 0. The second-order valence-corrected chi connectivity index (χ2v) is 8.00. The number of nitrogens with zero attached hydrogens (tertiary/aromatic N) is 1. The van der Waals surface area contributed by atoms with E-state index in [1.807, 2.05) is 0 Å². The van der Waals surface area contributed by atoms with E-state index in [1.54, 1.807) is 0 Å². The van der Waals surface area contributed by atoms with Gasteiger partial charge in [0.2, 0.25) is 0 Å². The summed E-state index contributed by atoms with van der Waals surface area (Å²) in [5.41, 5.74) is 0.199. The van der Waals surface area contributed by atoms with E-state index in [9.17, 15) is 0 Å². The van der Waals surface area contributed by atoms with Crippen LogP contribution in [0.25, 0.3) is 0 Å². The predicted octanol–water partition coefficient (Wildman–Crippen LogP) is 4.55. The van der Waals surface area contributed by atoms with E-state index in [-0.39, 0.29) is 5.54 Å². The average molecular weight is 285 g/mol. The molecule has 0 rings (SSSR count). The molecular formula is C18H40N2. The van der Waals surface area contributed by atoms with Crippen molar-refractivity contribution in [2.75, 3.05) is 13.1 Å². The maximum atomic E-state index is 3.72. The zero-order valence-corrected chi connectivity index (χ0v) is 15.6. The SMILES string of the molecule is CCC(CC)N(CC(C)C)C(CNC(C)(C)C)C(C)C. The van der Waals surface area contributed by atoms with Crippen LogP contribution in [-0.2, 0) is 0 Å². The second-order valence-electron chi connectivity index (χ2n) is 8.00. The molecule has 0 saturated carbocycles. The zero-order valence-electron chi connectivity index (χ0n) is 15.6. The van der Waals surface area contributed by atoms with Gasteiger partial charge in [0.1, 0.15) is 0 Å². The van der Waals surface area contributed by atoms with Crippen molar-refractivity contribution in [1.82, 2.24) is 10.2 Å². The highest BCUT2D eigenvalue weighted by Crippen LogP contribution is 2.20. The molecule has 0 saturated heterocycles. The molecule has 20 heavy (non-hydrogen) atoms. The van der Waals surface area contributed by atoms with Gasteiger partial charge in [-0.2, -0.15) is 0 Å². The van der Waals surface area contributed by atoms with Gasteiger partial charge in [-0.25, -0.2) is 0 Å². The number of rotatable bonds is 9. The van der Waals surface area contributed by atoms with E-state index in [0.29, 0.717) is 18.0 Å². The highest BCUT2D eigenvalue weighted by atomic mass is 15.2. The van der Waals surface area contributed by atoms with E-state index in [2.05, 4.69) is 72.5 Å². The third-order valence-electron chi connectivity index (χ3n) is 4.02. The molecule has 0 spiro atoms. The molecule has 0 bridgehead atoms. The number of hydrogen-bond acceptors (Lipinski definition) is 2. The van der Waals surface area contributed by atoms with Crippen molar-refractivity contribution in [3.05, 3.63) is 0 Å². The maximum Gasteiger partial charge on any atom is 0.0246 e. The van der Waals surface area contributed by atoms with Crippen molar-refractivity contribution in [3.63, 3.8) is 0 Å². The quantitative estimate of drug-likeness (QED) is 0.668. The monoisotopic (exact) mass is 284 g/mol. The standard InChI is InChI=1S/C18H40N2/c1-10-16(11-2)20(13-14(3)4)17(15(5)6)12-19-18(7,8)9/h14-17,19H,10-13H2,1-9H3. The van der Waals surface area contributed by atoms with Crippen molar-refractivity contribution < 1.29 is 0 Å². The summed E-state index contributed by atoms with van der Waals surface area (Å²) in [6.45, 7) is 23.1. The Bertz CT molecular complexity index is 236. The lowest BCUT2D eigenvalue weighted by atomic mass is 9.95. The van der Waals surface area contributed by atoms with Gasteiger partial charge in [-0.1, -0.05) is 41.5 Å². The first-order valence-corrected chi connectivity index (χ1v) is 8.63. The highest BCUT2D eigenvalue weighted by Gasteiger charge is 2.28. The van der Waals surface area contributed by atoms with Crippen LogP contribution in [0.15, 0.2) is 0 Å². The van der Waals surface area contributed by atoms with Crippen molar-refractivity contribution in [3.8, 4) is 0 Å². The number of nitrogens with one attached hydrogen (secondary N) is 1. The minimum Gasteiger partial charge on any atom is -0.311 e. The smallest absolute Gasteiger partial charge is 0.0246 e. The van der Waals surface area contributed by atoms with Crippen LogP contribution in [0, 0.1) is 11.8 Å². The average Bonchev–Trinajstić information content (AvgIpc) is 2.27. The first-order valence-electron chi connectivity index (χ1n) is 8.63. The van der Waals surface area contributed by atoms with Crippen LogP contribution in [0.1, 0.15) is 75.2 Å². The fourth-order valence-corrected chi connectivity index (χ4v) is 2.88. The molecular weight excluding hydrogens is 244 g/mol. The lowest BCUT2D eigenvalue weighted by Gasteiger charge is -2.42. The van der Waals surface area contributed by atoms with Crippen molar-refractivity contribution >= 4 is 0 Å². The van der Waals surface area contributed by atoms with Crippen LogP contribution >= 0.6 is 0 Å². The summed E-state index contributed by atoms with van der Waals surface area (Å²) in [7, 11) is 0. The molecule has 0 aliphatic carbocycles. The Balaban J connectivity index is 5.00. The summed E-state index contributed by atoms with van der Waals surface area (Å²) in [5.74, 6) is 1.41. The molecule has 0 aromatic carbocycles. The third-order valence-corrected chi connectivity index (χ3v) is 4.02. The molecule has 2 nitrogen and oxygen atoms in total. The third kappa shape index (κ3) is 7.64. The van der Waals surface area contributed by atoms with Crippen LogP contribution in [0.4, 0.5) is 0 Å². The largest absolute Gasteiger partial charge is 0.311 e. The maximum absolute atomic E-state index is 3.72. The first-order chi connectivity index (χ1) is 9.12. The first kappa shape index (κ1) is 19.9. The van der Waals surface area contributed by atoms with E-state index < -0.39 is 0 Å². The van der Waals surface area contributed by atoms with Crippen molar-refractivity contribution in [2.24, 2.45) is 11.8 Å². The Labute approximate surface area is 128 Å². The van der Waals surface area contributed by atoms with Crippen LogP contribution in [0.3, 0.4) is 0 Å². The molecule has 0 aromatic heterocycles. The molecule has 0 aliphatic rings. The van der Waals surface area contributed by atoms with Gasteiger partial charge in [0.05, 0.1) is 0 Å². The van der Waals surface area contributed by atoms with Crippen LogP contribution in [0.2, 0.25) is 0 Å². The van der Waals surface area contributed by atoms with E-state index in [1.165, 1.54) is 19.4 Å². The molecule has 1 unspecified atom stereocenters. The molecule has 0 fully saturated rings. The van der Waals surface area contributed by atoms with Gasteiger partial charge in [-0.3, -0.25) is 4.90 Å². The lowest BCUT2D eigenvalue weighted by Crippen LogP contribution is -2.54. The highest BCUT2D eigenvalue weighted by molar-refractivity contribution is 4.85. The summed E-state index contributed by atoms with van der Waals surface area (Å²) in [4.78, 5) is 2.77. The van der Waals surface area contributed by atoms with Gasteiger partial charge in [0, 0.05) is 30.7 Å². The fourth-order valence-electron chi connectivity index (χ4n) is 2.88. The van der Waals surface area contributed by atoms with Crippen LogP contribution in [0.5, 0.6) is 0 Å². The molecule has 1 atom stereocenters. The molecule has 0 heterocycles. The zero-order chi connectivity index (χ0) is 15.9. The van der Waals surface area contributed by atoms with Gasteiger partial charge >= 0.3 is 0 Å². The molecule has 0 aliphatic heterocycles. The molecule has 1 N–H and O–H groups in total. The Morgan fingerprint density at radius 2 is 1.45 bits per heavy atom. The molecule has 122 valence electrons. The summed E-state index contributed by atoms with van der Waals surface area (Å²) in [5, 5.41) is 3.72. The Kier molecular flexibility index (Phi) is 9.01. The fraction of sp³-hybridized carbons (Fsp3) is 1.00. The van der Waals surface area contributed by atoms with E-state index in [0.717, 1.165) is 12.5 Å². The topological polar surface area (TPSA) is 15.3 Å². The summed E-state index contributed by atoms with van der Waals surface area (Å²) < 4.78 is 0. The van der Waals surface area contributed by atoms with Gasteiger partial charge in [0.15, 0.2) is 0 Å².